The van der Waals surface area contributed by atoms with E-state index in [0.29, 0.717) is 25.0 Å². The van der Waals surface area contributed by atoms with Gasteiger partial charge in [0.05, 0.1) is 6.61 Å². The second kappa shape index (κ2) is 14.8. The molecule has 0 spiro atoms. The lowest BCUT2D eigenvalue weighted by atomic mass is 10.0. The van der Waals surface area contributed by atoms with Crippen molar-refractivity contribution in [2.24, 2.45) is 10.9 Å². The predicted octanol–water partition coefficient (Wildman–Crippen LogP) is 3.34. The van der Waals surface area contributed by atoms with Gasteiger partial charge in [0.1, 0.15) is 0 Å². The van der Waals surface area contributed by atoms with Crippen molar-refractivity contribution in [2.75, 3.05) is 46.6 Å². The number of nitrogens with one attached hydrogen (secondary N) is 2. The van der Waals surface area contributed by atoms with E-state index in [2.05, 4.69) is 15.6 Å². The SMILES string of the molecule is CCOc1ccc(CNC(=NC)NCCCOCC2CCOCC2)cc1F.I. The summed E-state index contributed by atoms with van der Waals surface area (Å²) >= 11 is 0. The van der Waals surface area contributed by atoms with Crippen molar-refractivity contribution >= 4 is 29.9 Å². The van der Waals surface area contributed by atoms with Crippen LogP contribution in [0.2, 0.25) is 0 Å². The van der Waals surface area contributed by atoms with Gasteiger partial charge in [-0.1, -0.05) is 6.07 Å². The molecule has 1 aromatic rings. The van der Waals surface area contributed by atoms with Gasteiger partial charge >= 0.3 is 0 Å². The molecule has 0 amide bonds. The fourth-order valence-corrected chi connectivity index (χ4v) is 2.88. The first kappa shape index (κ1) is 24.9. The number of halogens is 2. The van der Waals surface area contributed by atoms with Crippen molar-refractivity contribution in [3.8, 4) is 5.75 Å². The highest BCUT2D eigenvalue weighted by Crippen LogP contribution is 2.18. The molecule has 0 aliphatic carbocycles. The molecule has 1 aromatic carbocycles. The summed E-state index contributed by atoms with van der Waals surface area (Å²) in [4.78, 5) is 4.19. The van der Waals surface area contributed by atoms with Crippen molar-refractivity contribution in [3.05, 3.63) is 29.6 Å². The minimum Gasteiger partial charge on any atom is -0.491 e. The first-order valence-corrected chi connectivity index (χ1v) is 9.74. The van der Waals surface area contributed by atoms with Crippen LogP contribution < -0.4 is 15.4 Å². The zero-order valence-corrected chi connectivity index (χ0v) is 19.2. The Morgan fingerprint density at radius 3 is 2.75 bits per heavy atom. The Labute approximate surface area is 184 Å². The maximum absolute atomic E-state index is 13.9. The van der Waals surface area contributed by atoms with Gasteiger partial charge in [-0.3, -0.25) is 4.99 Å². The van der Waals surface area contributed by atoms with Gasteiger partial charge in [0, 0.05) is 46.6 Å². The van der Waals surface area contributed by atoms with E-state index in [9.17, 15) is 4.39 Å². The summed E-state index contributed by atoms with van der Waals surface area (Å²) < 4.78 is 30.2. The molecule has 6 nitrogen and oxygen atoms in total. The molecule has 1 fully saturated rings. The lowest BCUT2D eigenvalue weighted by molar-refractivity contribution is 0.0203. The monoisotopic (exact) mass is 509 g/mol. The van der Waals surface area contributed by atoms with Crippen LogP contribution in [0.5, 0.6) is 5.75 Å². The molecule has 0 saturated carbocycles. The lowest BCUT2D eigenvalue weighted by Crippen LogP contribution is -2.37. The third kappa shape index (κ3) is 9.38. The smallest absolute Gasteiger partial charge is 0.191 e. The van der Waals surface area contributed by atoms with E-state index in [-0.39, 0.29) is 35.5 Å². The van der Waals surface area contributed by atoms with E-state index in [0.717, 1.165) is 57.8 Å². The van der Waals surface area contributed by atoms with Gasteiger partial charge in [-0.15, -0.1) is 24.0 Å². The molecule has 0 aromatic heterocycles. The van der Waals surface area contributed by atoms with Gasteiger partial charge in [0.15, 0.2) is 17.5 Å². The van der Waals surface area contributed by atoms with Crippen LogP contribution in [0.4, 0.5) is 4.39 Å². The van der Waals surface area contributed by atoms with Crippen LogP contribution in [0.1, 0.15) is 31.7 Å². The third-order valence-corrected chi connectivity index (χ3v) is 4.43. The van der Waals surface area contributed by atoms with Gasteiger partial charge in [-0.2, -0.15) is 0 Å². The minimum atomic E-state index is -0.347. The summed E-state index contributed by atoms with van der Waals surface area (Å²) in [6.07, 6.45) is 3.10. The van der Waals surface area contributed by atoms with Gasteiger partial charge in [0.2, 0.25) is 0 Å². The summed E-state index contributed by atoms with van der Waals surface area (Å²) in [6.45, 7) is 6.80. The molecule has 0 bridgehead atoms. The first-order valence-electron chi connectivity index (χ1n) is 9.74. The molecule has 1 aliphatic heterocycles. The molecule has 0 unspecified atom stereocenters. The van der Waals surface area contributed by atoms with Crippen molar-refractivity contribution in [2.45, 2.75) is 32.7 Å². The zero-order valence-electron chi connectivity index (χ0n) is 16.8. The number of ether oxygens (including phenoxy) is 3. The Morgan fingerprint density at radius 1 is 1.29 bits per heavy atom. The molecular formula is C20H33FIN3O3. The van der Waals surface area contributed by atoms with Crippen LogP contribution in [0.15, 0.2) is 23.2 Å². The Bertz CT molecular complexity index is 584. The summed E-state index contributed by atoms with van der Waals surface area (Å²) in [5.41, 5.74) is 0.832. The highest BCUT2D eigenvalue weighted by molar-refractivity contribution is 14.0. The Kier molecular flexibility index (Phi) is 13.2. The molecule has 0 radical (unpaired) electrons. The molecule has 160 valence electrons. The molecule has 28 heavy (non-hydrogen) atoms. The number of aliphatic imine (C=N–C) groups is 1. The normalized spacial score (nSPS) is 15.0. The van der Waals surface area contributed by atoms with E-state index in [4.69, 9.17) is 14.2 Å². The summed E-state index contributed by atoms with van der Waals surface area (Å²) in [6, 6.07) is 4.98. The fourth-order valence-electron chi connectivity index (χ4n) is 2.88. The Morgan fingerprint density at radius 2 is 2.07 bits per heavy atom. The Balaban J connectivity index is 0.00000392. The highest BCUT2D eigenvalue weighted by atomic mass is 127. The number of rotatable bonds is 10. The van der Waals surface area contributed by atoms with Gasteiger partial charge in [0.25, 0.3) is 0 Å². The number of benzene rings is 1. The Hall–Kier alpha value is -1.13. The molecule has 1 saturated heterocycles. The van der Waals surface area contributed by atoms with Crippen molar-refractivity contribution in [3.63, 3.8) is 0 Å². The quantitative estimate of drug-likeness (QED) is 0.219. The van der Waals surface area contributed by atoms with E-state index in [1.165, 1.54) is 6.07 Å². The molecular weight excluding hydrogens is 476 g/mol. The van der Waals surface area contributed by atoms with Crippen LogP contribution in [-0.2, 0) is 16.0 Å². The van der Waals surface area contributed by atoms with Crippen molar-refractivity contribution < 1.29 is 18.6 Å². The average Bonchev–Trinajstić information content (AvgIpc) is 2.69. The number of nitrogens with zero attached hydrogens (tertiary/aromatic N) is 1. The van der Waals surface area contributed by atoms with Gasteiger partial charge in [-0.05, 0) is 49.8 Å². The highest BCUT2D eigenvalue weighted by Gasteiger charge is 2.13. The average molecular weight is 509 g/mol. The molecule has 8 heteroatoms. The van der Waals surface area contributed by atoms with Crippen LogP contribution in [0.3, 0.4) is 0 Å². The maximum atomic E-state index is 13.9. The first-order chi connectivity index (χ1) is 13.2. The van der Waals surface area contributed by atoms with Crippen LogP contribution in [0, 0.1) is 11.7 Å². The van der Waals surface area contributed by atoms with E-state index < -0.39 is 0 Å². The topological polar surface area (TPSA) is 64.1 Å². The summed E-state index contributed by atoms with van der Waals surface area (Å²) in [5, 5.41) is 6.43. The van der Waals surface area contributed by atoms with E-state index >= 15 is 0 Å². The van der Waals surface area contributed by atoms with E-state index in [1.807, 2.05) is 13.0 Å². The molecule has 0 atom stereocenters. The number of hydrogen-bond acceptors (Lipinski definition) is 4. The van der Waals surface area contributed by atoms with Crippen LogP contribution >= 0.6 is 24.0 Å². The largest absolute Gasteiger partial charge is 0.491 e. The van der Waals surface area contributed by atoms with Crippen molar-refractivity contribution in [1.82, 2.24) is 10.6 Å². The van der Waals surface area contributed by atoms with Gasteiger partial charge in [-0.25, -0.2) is 4.39 Å². The minimum absolute atomic E-state index is 0. The number of hydrogen-bond donors (Lipinski definition) is 2. The van der Waals surface area contributed by atoms with Gasteiger partial charge < -0.3 is 24.8 Å². The lowest BCUT2D eigenvalue weighted by Gasteiger charge is -2.21. The zero-order chi connectivity index (χ0) is 19.3. The second-order valence-corrected chi connectivity index (χ2v) is 6.53. The second-order valence-electron chi connectivity index (χ2n) is 6.53. The predicted molar refractivity (Wildman–Crippen MR) is 120 cm³/mol. The summed E-state index contributed by atoms with van der Waals surface area (Å²) in [7, 11) is 1.72. The molecule has 1 heterocycles. The third-order valence-electron chi connectivity index (χ3n) is 4.43. The van der Waals surface area contributed by atoms with Crippen molar-refractivity contribution in [1.29, 1.82) is 0 Å². The van der Waals surface area contributed by atoms with Crippen LogP contribution in [-0.4, -0.2) is 52.6 Å². The molecule has 2 N–H and O–H groups in total. The standard InChI is InChI=1S/C20H32FN3O3.HI/c1-3-27-19-6-5-17(13-18(19)21)14-24-20(22-2)23-9-4-10-26-15-16-7-11-25-12-8-16;/h5-6,13,16H,3-4,7-12,14-15H2,1-2H3,(H2,22,23,24);1H. The molecule has 2 rings (SSSR count). The fraction of sp³-hybridized carbons (Fsp3) is 0.650. The molecule has 1 aliphatic rings. The number of guanidine groups is 1. The summed E-state index contributed by atoms with van der Waals surface area (Å²) in [5.74, 6) is 1.26. The van der Waals surface area contributed by atoms with E-state index in [1.54, 1.807) is 13.1 Å². The maximum Gasteiger partial charge on any atom is 0.191 e. The van der Waals surface area contributed by atoms with Crippen LogP contribution in [0.25, 0.3) is 0 Å².